The number of carbonyl (C=O) groups is 1. The number of anilines is 1. The first-order valence-electron chi connectivity index (χ1n) is 6.09. The maximum Gasteiger partial charge on any atom is 0.243 e. The first-order valence-corrected chi connectivity index (χ1v) is 7.58. The van der Waals surface area contributed by atoms with Gasteiger partial charge in [-0.2, -0.15) is 0 Å². The number of rotatable bonds is 6. The minimum atomic E-state index is -3.98. The van der Waals surface area contributed by atoms with Gasteiger partial charge in [-0.05, 0) is 24.6 Å². The SMILES string of the molecule is CCC(CN)NS(=O)(=O)c1ccc(NC(C)=O)cc1F. The molecule has 1 aromatic rings. The van der Waals surface area contributed by atoms with Crippen molar-refractivity contribution in [1.29, 1.82) is 0 Å². The summed E-state index contributed by atoms with van der Waals surface area (Å²) < 4.78 is 40.2. The van der Waals surface area contributed by atoms with Gasteiger partial charge in [-0.25, -0.2) is 17.5 Å². The number of benzene rings is 1. The molecule has 4 N–H and O–H groups in total. The zero-order chi connectivity index (χ0) is 15.3. The molecule has 112 valence electrons. The van der Waals surface area contributed by atoms with Crippen molar-refractivity contribution < 1.29 is 17.6 Å². The molecular formula is C12H18FN3O3S. The number of halogens is 1. The van der Waals surface area contributed by atoms with Gasteiger partial charge < -0.3 is 11.1 Å². The van der Waals surface area contributed by atoms with Crippen molar-refractivity contribution in [2.24, 2.45) is 5.73 Å². The summed E-state index contributed by atoms with van der Waals surface area (Å²) in [6.07, 6.45) is 0.501. The third-order valence-corrected chi connectivity index (χ3v) is 4.19. The van der Waals surface area contributed by atoms with Gasteiger partial charge in [0.25, 0.3) is 0 Å². The summed E-state index contributed by atoms with van der Waals surface area (Å²) in [5.41, 5.74) is 5.61. The maximum atomic E-state index is 13.9. The molecule has 1 atom stereocenters. The average molecular weight is 303 g/mol. The third-order valence-electron chi connectivity index (χ3n) is 2.64. The van der Waals surface area contributed by atoms with Crippen molar-refractivity contribution in [1.82, 2.24) is 4.72 Å². The second-order valence-corrected chi connectivity index (χ2v) is 5.97. The van der Waals surface area contributed by atoms with Gasteiger partial charge in [0, 0.05) is 25.2 Å². The highest BCUT2D eigenvalue weighted by atomic mass is 32.2. The average Bonchev–Trinajstić information content (AvgIpc) is 2.34. The Morgan fingerprint density at radius 3 is 2.55 bits per heavy atom. The fourth-order valence-corrected chi connectivity index (χ4v) is 2.97. The van der Waals surface area contributed by atoms with Crippen LogP contribution >= 0.6 is 0 Å². The number of sulfonamides is 1. The van der Waals surface area contributed by atoms with Crippen molar-refractivity contribution >= 4 is 21.6 Å². The summed E-state index contributed by atoms with van der Waals surface area (Å²) in [6, 6.07) is 2.93. The largest absolute Gasteiger partial charge is 0.329 e. The first kappa shape index (κ1) is 16.5. The van der Waals surface area contributed by atoms with Crippen LogP contribution in [0.4, 0.5) is 10.1 Å². The fourth-order valence-electron chi connectivity index (χ4n) is 1.58. The standard InChI is InChI=1S/C12H18FN3O3S/c1-3-9(7-14)16-20(18,19)12-5-4-10(6-11(12)13)15-8(2)17/h4-6,9,16H,3,7,14H2,1-2H3,(H,15,17). The van der Waals surface area contributed by atoms with Gasteiger partial charge in [-0.15, -0.1) is 0 Å². The molecule has 0 aliphatic carbocycles. The fraction of sp³-hybridized carbons (Fsp3) is 0.417. The van der Waals surface area contributed by atoms with Crippen LogP contribution in [0.25, 0.3) is 0 Å². The molecule has 1 unspecified atom stereocenters. The van der Waals surface area contributed by atoms with Crippen LogP contribution in [0.15, 0.2) is 23.1 Å². The van der Waals surface area contributed by atoms with E-state index in [-0.39, 0.29) is 18.1 Å². The number of carbonyl (C=O) groups excluding carboxylic acids is 1. The normalized spacial score (nSPS) is 13.0. The minimum Gasteiger partial charge on any atom is -0.329 e. The van der Waals surface area contributed by atoms with Gasteiger partial charge in [-0.3, -0.25) is 4.79 Å². The van der Waals surface area contributed by atoms with E-state index >= 15 is 0 Å². The molecule has 0 fully saturated rings. The topological polar surface area (TPSA) is 101 Å². The van der Waals surface area contributed by atoms with Gasteiger partial charge in [0.05, 0.1) is 0 Å². The lowest BCUT2D eigenvalue weighted by Gasteiger charge is -2.15. The Hall–Kier alpha value is -1.51. The highest BCUT2D eigenvalue weighted by Crippen LogP contribution is 2.19. The molecule has 20 heavy (non-hydrogen) atoms. The Morgan fingerprint density at radius 1 is 1.45 bits per heavy atom. The lowest BCUT2D eigenvalue weighted by Crippen LogP contribution is -2.39. The molecule has 8 heteroatoms. The van der Waals surface area contributed by atoms with Crippen molar-refractivity contribution in [2.75, 3.05) is 11.9 Å². The van der Waals surface area contributed by atoms with Gasteiger partial charge in [-0.1, -0.05) is 6.92 Å². The van der Waals surface area contributed by atoms with Crippen molar-refractivity contribution in [3.8, 4) is 0 Å². The molecule has 6 nitrogen and oxygen atoms in total. The first-order chi connectivity index (χ1) is 9.30. The van der Waals surface area contributed by atoms with E-state index < -0.39 is 26.8 Å². The minimum absolute atomic E-state index is 0.126. The smallest absolute Gasteiger partial charge is 0.243 e. The van der Waals surface area contributed by atoms with E-state index in [1.165, 1.54) is 13.0 Å². The number of amides is 1. The quantitative estimate of drug-likeness (QED) is 0.723. The number of nitrogens with two attached hydrogens (primary N) is 1. The predicted octanol–water partition coefficient (Wildman–Crippen LogP) is 0.800. The van der Waals surface area contributed by atoms with Crippen LogP contribution in [-0.4, -0.2) is 26.9 Å². The van der Waals surface area contributed by atoms with Crippen LogP contribution in [0.1, 0.15) is 20.3 Å². The van der Waals surface area contributed by atoms with E-state index in [0.29, 0.717) is 6.42 Å². The van der Waals surface area contributed by atoms with Gasteiger partial charge >= 0.3 is 0 Å². The lowest BCUT2D eigenvalue weighted by atomic mass is 10.2. The zero-order valence-electron chi connectivity index (χ0n) is 11.3. The molecule has 0 aliphatic rings. The Labute approximate surface area is 117 Å². The van der Waals surface area contributed by atoms with Crippen LogP contribution in [-0.2, 0) is 14.8 Å². The molecule has 0 saturated carbocycles. The van der Waals surface area contributed by atoms with E-state index in [4.69, 9.17) is 5.73 Å². The van der Waals surface area contributed by atoms with Crippen molar-refractivity contribution in [2.45, 2.75) is 31.2 Å². The summed E-state index contributed by atoms with van der Waals surface area (Å²) in [5.74, 6) is -1.30. The summed E-state index contributed by atoms with van der Waals surface area (Å²) >= 11 is 0. The van der Waals surface area contributed by atoms with E-state index in [1.54, 1.807) is 6.92 Å². The molecule has 0 heterocycles. The molecule has 0 saturated heterocycles. The molecule has 1 aromatic carbocycles. The van der Waals surface area contributed by atoms with Crippen molar-refractivity contribution in [3.63, 3.8) is 0 Å². The van der Waals surface area contributed by atoms with Crippen LogP contribution < -0.4 is 15.8 Å². The summed E-state index contributed by atoms with van der Waals surface area (Å²) in [6.45, 7) is 3.18. The number of hydrogen-bond acceptors (Lipinski definition) is 4. The summed E-state index contributed by atoms with van der Waals surface area (Å²) in [7, 11) is -3.98. The molecule has 1 rings (SSSR count). The van der Waals surface area contributed by atoms with Crippen LogP contribution in [0.2, 0.25) is 0 Å². The van der Waals surface area contributed by atoms with E-state index in [9.17, 15) is 17.6 Å². The predicted molar refractivity (Wildman–Crippen MR) is 74.2 cm³/mol. The maximum absolute atomic E-state index is 13.9. The molecule has 0 spiro atoms. The number of nitrogens with one attached hydrogen (secondary N) is 2. The highest BCUT2D eigenvalue weighted by Gasteiger charge is 2.22. The monoisotopic (exact) mass is 303 g/mol. The number of hydrogen-bond donors (Lipinski definition) is 3. The van der Waals surface area contributed by atoms with Crippen LogP contribution in [0.3, 0.4) is 0 Å². The van der Waals surface area contributed by atoms with Crippen LogP contribution in [0.5, 0.6) is 0 Å². The third kappa shape index (κ3) is 4.26. The molecule has 0 bridgehead atoms. The molecule has 0 aliphatic heterocycles. The lowest BCUT2D eigenvalue weighted by molar-refractivity contribution is -0.114. The van der Waals surface area contributed by atoms with Crippen LogP contribution in [0, 0.1) is 5.82 Å². The van der Waals surface area contributed by atoms with Gasteiger partial charge in [0.1, 0.15) is 10.7 Å². The highest BCUT2D eigenvalue weighted by molar-refractivity contribution is 7.89. The van der Waals surface area contributed by atoms with Crippen molar-refractivity contribution in [3.05, 3.63) is 24.0 Å². The zero-order valence-corrected chi connectivity index (χ0v) is 12.1. The summed E-state index contributed by atoms with van der Waals surface area (Å²) in [4.78, 5) is 10.4. The molecular weight excluding hydrogens is 285 g/mol. The Bertz CT molecular complexity index is 586. The van der Waals surface area contributed by atoms with E-state index in [1.807, 2.05) is 0 Å². The second-order valence-electron chi connectivity index (χ2n) is 4.29. The van der Waals surface area contributed by atoms with E-state index in [2.05, 4.69) is 10.0 Å². The molecule has 0 aromatic heterocycles. The Balaban J connectivity index is 3.04. The molecule has 1 amide bonds. The summed E-state index contributed by atoms with van der Waals surface area (Å²) in [5, 5.41) is 2.37. The van der Waals surface area contributed by atoms with Gasteiger partial charge in [0.2, 0.25) is 15.9 Å². The molecule has 0 radical (unpaired) electrons. The second kappa shape index (κ2) is 6.78. The van der Waals surface area contributed by atoms with E-state index in [0.717, 1.165) is 12.1 Å². The Morgan fingerprint density at radius 2 is 2.10 bits per heavy atom. The Kier molecular flexibility index (Phi) is 5.61. The van der Waals surface area contributed by atoms with Gasteiger partial charge in [0.15, 0.2) is 0 Å².